The first kappa shape index (κ1) is 27.6. The number of benzene rings is 1. The molecule has 1 aliphatic heterocycles. The molecule has 10 nitrogen and oxygen atoms in total. The minimum atomic E-state index is -0.210. The van der Waals surface area contributed by atoms with E-state index >= 15 is 0 Å². The van der Waals surface area contributed by atoms with Crippen molar-refractivity contribution in [2.75, 3.05) is 38.7 Å². The zero-order valence-electron chi connectivity index (χ0n) is 23.7. The second-order valence-corrected chi connectivity index (χ2v) is 10.6. The first-order valence-electron chi connectivity index (χ1n) is 14.1. The number of aromatic nitrogens is 3. The van der Waals surface area contributed by atoms with Gasteiger partial charge >= 0.3 is 0 Å². The number of pyridine rings is 1. The third kappa shape index (κ3) is 6.12. The number of rotatable bonds is 10. The van der Waals surface area contributed by atoms with Crippen LogP contribution < -0.4 is 25.7 Å². The summed E-state index contributed by atoms with van der Waals surface area (Å²) < 4.78 is 13.4. The molecule has 212 valence electrons. The van der Waals surface area contributed by atoms with Crippen LogP contribution in [0, 0.1) is 5.92 Å². The van der Waals surface area contributed by atoms with Crippen LogP contribution in [0.2, 0.25) is 0 Å². The molecule has 1 saturated carbocycles. The van der Waals surface area contributed by atoms with Crippen LogP contribution in [0.4, 0.5) is 11.6 Å². The van der Waals surface area contributed by atoms with E-state index in [0.29, 0.717) is 64.4 Å². The predicted molar refractivity (Wildman–Crippen MR) is 157 cm³/mol. The van der Waals surface area contributed by atoms with E-state index < -0.39 is 0 Å². The van der Waals surface area contributed by atoms with Crippen molar-refractivity contribution in [3.8, 4) is 11.5 Å². The highest BCUT2D eigenvalue weighted by atomic mass is 16.5. The Kier molecular flexibility index (Phi) is 8.35. The Hall–Kier alpha value is -3.92. The van der Waals surface area contributed by atoms with E-state index in [1.54, 1.807) is 31.4 Å². The van der Waals surface area contributed by atoms with Gasteiger partial charge in [0.1, 0.15) is 11.3 Å². The molecule has 40 heavy (non-hydrogen) atoms. The molecule has 0 unspecified atom stereocenters. The number of carbonyl (C=O) groups excluding carboxylic acids is 1. The molecule has 1 aliphatic carbocycles. The number of allylic oxidation sites excluding steroid dienone is 1. The summed E-state index contributed by atoms with van der Waals surface area (Å²) >= 11 is 0. The largest absolute Gasteiger partial charge is 0.492 e. The van der Waals surface area contributed by atoms with Gasteiger partial charge in [0.2, 0.25) is 5.95 Å². The van der Waals surface area contributed by atoms with Crippen molar-refractivity contribution in [3.05, 3.63) is 52.0 Å². The van der Waals surface area contributed by atoms with Gasteiger partial charge < -0.3 is 29.6 Å². The van der Waals surface area contributed by atoms with Crippen molar-refractivity contribution in [1.29, 1.82) is 0 Å². The lowest BCUT2D eigenvalue weighted by Gasteiger charge is -2.29. The fraction of sp³-hybridized carbons (Fsp3) is 0.467. The number of aryl methyl sites for hydroxylation is 1. The molecule has 2 fully saturated rings. The minimum absolute atomic E-state index is 0.111. The van der Waals surface area contributed by atoms with Gasteiger partial charge in [-0.25, -0.2) is 9.97 Å². The summed E-state index contributed by atoms with van der Waals surface area (Å²) in [5.41, 5.74) is 2.81. The Morgan fingerprint density at radius 3 is 2.62 bits per heavy atom. The first-order chi connectivity index (χ1) is 19.4. The zero-order chi connectivity index (χ0) is 28.2. The lowest BCUT2D eigenvalue weighted by molar-refractivity contribution is 0.0916. The average Bonchev–Trinajstić information content (AvgIpc) is 3.78. The second kappa shape index (κ2) is 12.1. The molecule has 2 aromatic heterocycles. The quantitative estimate of drug-likeness (QED) is 0.391. The number of hydrogen-bond donors (Lipinski definition) is 2. The van der Waals surface area contributed by atoms with E-state index in [-0.39, 0.29) is 17.5 Å². The molecule has 0 atom stereocenters. The van der Waals surface area contributed by atoms with Crippen molar-refractivity contribution in [2.24, 2.45) is 13.0 Å². The fourth-order valence-electron chi connectivity index (χ4n) is 4.89. The van der Waals surface area contributed by atoms with Gasteiger partial charge in [0.25, 0.3) is 11.5 Å². The Morgan fingerprint density at radius 2 is 1.93 bits per heavy atom. The molecule has 0 spiro atoms. The van der Waals surface area contributed by atoms with Gasteiger partial charge in [-0.1, -0.05) is 12.2 Å². The normalized spacial score (nSPS) is 16.4. The molecule has 3 heterocycles. The molecule has 1 saturated heterocycles. The van der Waals surface area contributed by atoms with Crippen molar-refractivity contribution >= 4 is 34.7 Å². The van der Waals surface area contributed by atoms with Crippen LogP contribution in [0.5, 0.6) is 11.5 Å². The second-order valence-electron chi connectivity index (χ2n) is 10.6. The Morgan fingerprint density at radius 1 is 1.15 bits per heavy atom. The number of nitrogens with zero attached hydrogens (tertiary/aromatic N) is 4. The number of nitrogens with one attached hydrogen (secondary N) is 2. The molecule has 10 heteroatoms. The van der Waals surface area contributed by atoms with Crippen LogP contribution in [0.1, 0.15) is 55.5 Å². The number of likely N-dealkylation sites (tertiary alicyclic amines) is 1. The molecular weight excluding hydrogens is 508 g/mol. The molecule has 5 rings (SSSR count). The molecule has 3 aromatic rings. The van der Waals surface area contributed by atoms with Gasteiger partial charge in [0, 0.05) is 18.7 Å². The summed E-state index contributed by atoms with van der Waals surface area (Å²) in [6, 6.07) is 5.49. The van der Waals surface area contributed by atoms with Crippen LogP contribution >= 0.6 is 0 Å². The Balaban J connectivity index is 1.43. The van der Waals surface area contributed by atoms with Crippen LogP contribution in [-0.4, -0.2) is 64.7 Å². The fourth-order valence-corrected chi connectivity index (χ4v) is 4.89. The van der Waals surface area contributed by atoms with Gasteiger partial charge in [-0.3, -0.25) is 9.59 Å². The highest BCUT2D eigenvalue weighted by molar-refractivity contribution is 5.95. The maximum Gasteiger partial charge on any atom is 0.293 e. The maximum atomic E-state index is 13.1. The molecular formula is C30H38N6O4. The van der Waals surface area contributed by atoms with Crippen LogP contribution in [0.3, 0.4) is 0 Å². The smallest absolute Gasteiger partial charge is 0.293 e. The Bertz CT molecular complexity index is 1470. The molecule has 1 amide bonds. The number of anilines is 2. The van der Waals surface area contributed by atoms with Gasteiger partial charge in [0.15, 0.2) is 5.75 Å². The zero-order valence-corrected chi connectivity index (χ0v) is 23.7. The number of hydrogen-bond acceptors (Lipinski definition) is 8. The van der Waals surface area contributed by atoms with Crippen LogP contribution in [0.25, 0.3) is 17.1 Å². The predicted octanol–water partition coefficient (Wildman–Crippen LogP) is 4.12. The lowest BCUT2D eigenvalue weighted by Crippen LogP contribution is -2.43. The topological polar surface area (TPSA) is 111 Å². The molecule has 2 aliphatic rings. The third-order valence-electron chi connectivity index (χ3n) is 7.47. The summed E-state index contributed by atoms with van der Waals surface area (Å²) in [7, 11) is 3.80. The minimum Gasteiger partial charge on any atom is -0.492 e. The van der Waals surface area contributed by atoms with Crippen molar-refractivity contribution < 1.29 is 14.3 Å². The Labute approximate surface area is 234 Å². The van der Waals surface area contributed by atoms with E-state index in [9.17, 15) is 9.59 Å². The maximum absolute atomic E-state index is 13.1. The monoisotopic (exact) mass is 546 g/mol. The molecule has 1 aromatic carbocycles. The molecule has 0 radical (unpaired) electrons. The van der Waals surface area contributed by atoms with E-state index in [1.165, 1.54) is 4.57 Å². The van der Waals surface area contributed by atoms with E-state index in [4.69, 9.17) is 14.5 Å². The van der Waals surface area contributed by atoms with Gasteiger partial charge in [-0.15, -0.1) is 0 Å². The SMILES string of the molecule is CC=Cc1c(OCC2CC2)c(=O)n(C)c2cnc(Nc3ccc(C(=O)NC4CCN(C)CC4)cc3OCC)nc12. The number of fused-ring (bicyclic) bond motifs is 1. The van der Waals surface area contributed by atoms with Crippen molar-refractivity contribution in [3.63, 3.8) is 0 Å². The van der Waals surface area contributed by atoms with E-state index in [1.807, 2.05) is 26.0 Å². The summed E-state index contributed by atoms with van der Waals surface area (Å²) in [5, 5.41) is 6.40. The summed E-state index contributed by atoms with van der Waals surface area (Å²) in [6.45, 7) is 6.70. The number of piperidine rings is 1. The van der Waals surface area contributed by atoms with Crippen LogP contribution in [-0.2, 0) is 7.05 Å². The van der Waals surface area contributed by atoms with Gasteiger partial charge in [-0.2, -0.15) is 0 Å². The number of carbonyl (C=O) groups is 1. The van der Waals surface area contributed by atoms with Crippen LogP contribution in [0.15, 0.2) is 35.3 Å². The average molecular weight is 547 g/mol. The number of ether oxygens (including phenoxy) is 2. The highest BCUT2D eigenvalue weighted by Gasteiger charge is 2.25. The van der Waals surface area contributed by atoms with Gasteiger partial charge in [0.05, 0.1) is 36.2 Å². The first-order valence-corrected chi connectivity index (χ1v) is 14.1. The standard InChI is InChI=1S/C30H38N6O4/c1-5-7-22-26-24(36(4)29(38)27(22)40-18-19-8-9-19)17-31-30(34-26)33-23-11-10-20(16-25(23)39-6-2)28(37)32-21-12-14-35(3)15-13-21/h5,7,10-11,16-17,19,21H,6,8-9,12-15,18H2,1-4H3,(H,32,37)(H,31,33,34). The van der Waals surface area contributed by atoms with Gasteiger partial charge in [-0.05, 0) is 83.8 Å². The number of amides is 1. The summed E-state index contributed by atoms with van der Waals surface area (Å²) in [4.78, 5) is 37.6. The van der Waals surface area contributed by atoms with Crippen molar-refractivity contribution in [2.45, 2.75) is 45.6 Å². The van der Waals surface area contributed by atoms with E-state index in [0.717, 1.165) is 38.8 Å². The molecule has 2 N–H and O–H groups in total. The highest BCUT2D eigenvalue weighted by Crippen LogP contribution is 2.32. The summed E-state index contributed by atoms with van der Waals surface area (Å²) in [5.74, 6) is 1.58. The third-order valence-corrected chi connectivity index (χ3v) is 7.47. The lowest BCUT2D eigenvalue weighted by atomic mass is 10.0. The van der Waals surface area contributed by atoms with Crippen molar-refractivity contribution in [1.82, 2.24) is 24.8 Å². The summed E-state index contributed by atoms with van der Waals surface area (Å²) in [6.07, 6.45) is 9.49. The van der Waals surface area contributed by atoms with E-state index in [2.05, 4.69) is 27.6 Å². The molecule has 0 bridgehead atoms.